The lowest BCUT2D eigenvalue weighted by atomic mass is 10.1. The highest BCUT2D eigenvalue weighted by Crippen LogP contribution is 2.27. The van der Waals surface area contributed by atoms with E-state index in [-0.39, 0.29) is 27.9 Å². The summed E-state index contributed by atoms with van der Waals surface area (Å²) >= 11 is 7.13. The molecule has 45 heavy (non-hydrogen) atoms. The van der Waals surface area contributed by atoms with Crippen LogP contribution in [0, 0.1) is 0 Å². The highest BCUT2D eigenvalue weighted by molar-refractivity contribution is 8.00. The minimum absolute atomic E-state index is 0.0179. The first-order valence-corrected chi connectivity index (χ1v) is 14.7. The van der Waals surface area contributed by atoms with Crippen LogP contribution in [0.15, 0.2) is 102 Å². The van der Waals surface area contributed by atoms with Gasteiger partial charge >= 0.3 is 5.97 Å². The summed E-state index contributed by atoms with van der Waals surface area (Å²) in [5, 5.41) is 17.4. The van der Waals surface area contributed by atoms with Crippen molar-refractivity contribution in [3.63, 3.8) is 0 Å². The molecule has 0 unspecified atom stereocenters. The predicted octanol–water partition coefficient (Wildman–Crippen LogP) is 6.20. The molecule has 3 amide bonds. The van der Waals surface area contributed by atoms with Gasteiger partial charge in [0.05, 0.1) is 30.6 Å². The van der Waals surface area contributed by atoms with Crippen molar-refractivity contribution in [1.29, 1.82) is 0 Å². The molecular formula is C33H28ClN3O7S. The molecule has 0 heterocycles. The molecule has 0 spiro atoms. The molecule has 0 saturated carbocycles. The average molecular weight is 646 g/mol. The molecule has 0 aromatic heterocycles. The number of methoxy groups -OCH3 is 2. The van der Waals surface area contributed by atoms with Crippen molar-refractivity contribution in [2.75, 3.05) is 30.6 Å². The van der Waals surface area contributed by atoms with E-state index in [0.717, 1.165) is 4.90 Å². The SMILES string of the molecule is COc1ccc(/C=C(\NC(=O)c2ccccc2)C(=O)Nc2ccc(SCC(=O)Nc3ccc(Cl)c(C(=O)O)c3)cc2)c(OC)c1. The third-order valence-electron chi connectivity index (χ3n) is 6.23. The second-order valence-corrected chi connectivity index (χ2v) is 10.8. The van der Waals surface area contributed by atoms with Crippen LogP contribution in [0.25, 0.3) is 6.08 Å². The number of anilines is 2. The van der Waals surface area contributed by atoms with Crippen molar-refractivity contribution in [3.8, 4) is 11.5 Å². The molecule has 0 aliphatic rings. The number of aromatic carboxylic acids is 1. The Hall–Kier alpha value is -5.26. The summed E-state index contributed by atoms with van der Waals surface area (Å²) in [4.78, 5) is 50.8. The zero-order chi connectivity index (χ0) is 32.3. The van der Waals surface area contributed by atoms with Gasteiger partial charge in [0.1, 0.15) is 17.2 Å². The molecule has 0 aliphatic carbocycles. The predicted molar refractivity (Wildman–Crippen MR) is 174 cm³/mol. The van der Waals surface area contributed by atoms with Crippen LogP contribution < -0.4 is 25.4 Å². The molecule has 0 aliphatic heterocycles. The summed E-state index contributed by atoms with van der Waals surface area (Å²) in [6, 6.07) is 24.6. The van der Waals surface area contributed by atoms with Crippen LogP contribution in [0.5, 0.6) is 11.5 Å². The van der Waals surface area contributed by atoms with Crippen LogP contribution in [0.3, 0.4) is 0 Å². The molecule has 4 rings (SSSR count). The van der Waals surface area contributed by atoms with Crippen LogP contribution in [0.2, 0.25) is 5.02 Å². The standard InChI is InChI=1S/C33H28ClN3O7S/c1-43-24-12-8-21(29(18-24)44-2)16-28(37-31(39)20-6-4-3-5-7-20)32(40)36-22-9-13-25(14-10-22)45-19-30(38)35-23-11-15-27(34)26(17-23)33(41)42/h3-18H,19H2,1-2H3,(H,35,38)(H,36,40)(H,37,39)(H,41,42)/b28-16-. The molecule has 0 atom stereocenters. The van der Waals surface area contributed by atoms with Crippen molar-refractivity contribution in [3.05, 3.63) is 118 Å². The van der Waals surface area contributed by atoms with E-state index in [0.29, 0.717) is 34.0 Å². The lowest BCUT2D eigenvalue weighted by molar-refractivity contribution is -0.114. The summed E-state index contributed by atoms with van der Waals surface area (Å²) in [5.74, 6) is -1.51. The number of carboxylic acid groups (broad SMARTS) is 1. The number of benzene rings is 4. The Morgan fingerprint density at radius 1 is 0.844 bits per heavy atom. The van der Waals surface area contributed by atoms with E-state index in [1.807, 2.05) is 0 Å². The lowest BCUT2D eigenvalue weighted by Gasteiger charge is -2.13. The number of hydrogen-bond acceptors (Lipinski definition) is 7. The molecule has 4 aromatic carbocycles. The Labute approximate surface area is 268 Å². The van der Waals surface area contributed by atoms with E-state index in [4.69, 9.17) is 21.1 Å². The molecule has 0 saturated heterocycles. The van der Waals surface area contributed by atoms with E-state index in [9.17, 15) is 24.3 Å². The summed E-state index contributed by atoms with van der Waals surface area (Å²) in [6.07, 6.45) is 1.51. The van der Waals surface area contributed by atoms with Crippen molar-refractivity contribution in [2.24, 2.45) is 0 Å². The van der Waals surface area contributed by atoms with Crippen LogP contribution in [-0.4, -0.2) is 48.8 Å². The molecular weight excluding hydrogens is 618 g/mol. The number of rotatable bonds is 12. The lowest BCUT2D eigenvalue weighted by Crippen LogP contribution is -2.30. The molecule has 4 N–H and O–H groups in total. The number of nitrogens with one attached hydrogen (secondary N) is 3. The van der Waals surface area contributed by atoms with Crippen molar-refractivity contribution >= 4 is 64.5 Å². The first-order valence-electron chi connectivity index (χ1n) is 13.3. The Morgan fingerprint density at radius 3 is 2.22 bits per heavy atom. The van der Waals surface area contributed by atoms with Gasteiger partial charge in [0.25, 0.3) is 11.8 Å². The Balaban J connectivity index is 1.44. The second-order valence-electron chi connectivity index (χ2n) is 9.30. The van der Waals surface area contributed by atoms with Gasteiger partial charge in [-0.05, 0) is 72.8 Å². The molecule has 4 aromatic rings. The summed E-state index contributed by atoms with van der Waals surface area (Å²) in [6.45, 7) is 0. The number of halogens is 1. The maximum Gasteiger partial charge on any atom is 0.337 e. The van der Waals surface area contributed by atoms with Gasteiger partial charge in [-0.1, -0.05) is 29.8 Å². The molecule has 0 radical (unpaired) electrons. The fourth-order valence-corrected chi connectivity index (χ4v) is 4.88. The first kappa shape index (κ1) is 32.6. The van der Waals surface area contributed by atoms with Crippen LogP contribution >= 0.6 is 23.4 Å². The molecule has 10 nitrogen and oxygen atoms in total. The number of ether oxygens (including phenoxy) is 2. The maximum atomic E-state index is 13.4. The number of amides is 3. The van der Waals surface area contributed by atoms with Crippen molar-refractivity contribution in [1.82, 2.24) is 5.32 Å². The molecule has 0 fully saturated rings. The minimum Gasteiger partial charge on any atom is -0.497 e. The molecule has 0 bridgehead atoms. The summed E-state index contributed by atoms with van der Waals surface area (Å²) < 4.78 is 10.7. The summed E-state index contributed by atoms with van der Waals surface area (Å²) in [7, 11) is 3.02. The quantitative estimate of drug-likeness (QED) is 0.105. The first-order chi connectivity index (χ1) is 21.7. The second kappa shape index (κ2) is 15.5. The summed E-state index contributed by atoms with van der Waals surface area (Å²) in [5.41, 5.74) is 1.56. The number of carboxylic acids is 1. The topological polar surface area (TPSA) is 143 Å². The monoisotopic (exact) mass is 645 g/mol. The van der Waals surface area contributed by atoms with Crippen molar-refractivity contribution in [2.45, 2.75) is 4.90 Å². The van der Waals surface area contributed by atoms with Gasteiger partial charge in [-0.25, -0.2) is 4.79 Å². The number of thioether (sulfide) groups is 1. The largest absolute Gasteiger partial charge is 0.497 e. The van der Waals surface area contributed by atoms with Gasteiger partial charge in [-0.3, -0.25) is 14.4 Å². The smallest absolute Gasteiger partial charge is 0.337 e. The highest BCUT2D eigenvalue weighted by atomic mass is 35.5. The van der Waals surface area contributed by atoms with Gasteiger partial charge in [-0.2, -0.15) is 0 Å². The molecule has 12 heteroatoms. The fraction of sp³-hybridized carbons (Fsp3) is 0.0909. The van der Waals surface area contributed by atoms with Gasteiger partial charge in [0, 0.05) is 33.5 Å². The van der Waals surface area contributed by atoms with Crippen LogP contribution in [0.1, 0.15) is 26.3 Å². The number of carbonyl (C=O) groups is 4. The Bertz CT molecular complexity index is 1750. The Morgan fingerprint density at radius 2 is 1.56 bits per heavy atom. The van der Waals surface area contributed by atoms with E-state index < -0.39 is 17.8 Å². The minimum atomic E-state index is -1.20. The maximum absolute atomic E-state index is 13.4. The fourth-order valence-electron chi connectivity index (χ4n) is 3.98. The Kier molecular flexibility index (Phi) is 11.2. The van der Waals surface area contributed by atoms with Gasteiger partial charge < -0.3 is 30.5 Å². The third kappa shape index (κ3) is 9.12. The number of hydrogen-bond donors (Lipinski definition) is 4. The zero-order valence-electron chi connectivity index (χ0n) is 24.1. The normalized spacial score (nSPS) is 10.9. The van der Waals surface area contributed by atoms with Gasteiger partial charge in [-0.15, -0.1) is 11.8 Å². The molecule has 230 valence electrons. The van der Waals surface area contributed by atoms with E-state index in [1.165, 1.54) is 50.3 Å². The third-order valence-corrected chi connectivity index (χ3v) is 7.57. The number of carbonyl (C=O) groups excluding carboxylic acids is 3. The van der Waals surface area contributed by atoms with Crippen LogP contribution in [-0.2, 0) is 9.59 Å². The van der Waals surface area contributed by atoms with E-state index >= 15 is 0 Å². The average Bonchev–Trinajstić information content (AvgIpc) is 3.05. The van der Waals surface area contributed by atoms with Crippen LogP contribution in [0.4, 0.5) is 11.4 Å². The van der Waals surface area contributed by atoms with Gasteiger partial charge in [0.2, 0.25) is 5.91 Å². The zero-order valence-corrected chi connectivity index (χ0v) is 25.7. The van der Waals surface area contributed by atoms with Crippen molar-refractivity contribution < 1.29 is 33.8 Å². The van der Waals surface area contributed by atoms with Gasteiger partial charge in [0.15, 0.2) is 0 Å². The highest BCUT2D eigenvalue weighted by Gasteiger charge is 2.17. The van der Waals surface area contributed by atoms with E-state index in [2.05, 4.69) is 16.0 Å². The van der Waals surface area contributed by atoms with E-state index in [1.54, 1.807) is 72.8 Å².